The van der Waals surface area contributed by atoms with E-state index in [0.29, 0.717) is 16.9 Å². The van der Waals surface area contributed by atoms with Gasteiger partial charge in [0.2, 0.25) is 0 Å². The van der Waals surface area contributed by atoms with Crippen molar-refractivity contribution in [2.24, 2.45) is 0 Å². The molecule has 4 rings (SSSR count). The zero-order valence-electron chi connectivity index (χ0n) is 13.5. The second-order valence-electron chi connectivity index (χ2n) is 6.14. The van der Waals surface area contributed by atoms with E-state index in [2.05, 4.69) is 15.4 Å². The topological polar surface area (TPSA) is 59.8 Å². The SMILES string of the molecule is O=C(NC1CCC1)c1cnn(-c2cccc(F)c2)c1-c1ccncc1. The smallest absolute Gasteiger partial charge is 0.255 e. The predicted octanol–water partition coefficient (Wildman–Crippen LogP) is 3.36. The van der Waals surface area contributed by atoms with Crippen LogP contribution in [-0.2, 0) is 0 Å². The Hall–Kier alpha value is -3.02. The zero-order valence-corrected chi connectivity index (χ0v) is 13.5. The fraction of sp³-hybridized carbons (Fsp3) is 0.211. The third-order valence-corrected chi connectivity index (χ3v) is 4.46. The maximum atomic E-state index is 13.6. The molecule has 0 atom stereocenters. The Morgan fingerprint density at radius 1 is 1.20 bits per heavy atom. The minimum absolute atomic E-state index is 0.154. The lowest BCUT2D eigenvalue weighted by Gasteiger charge is -2.26. The maximum absolute atomic E-state index is 13.6. The second-order valence-corrected chi connectivity index (χ2v) is 6.14. The van der Waals surface area contributed by atoms with Gasteiger partial charge in [-0.2, -0.15) is 5.10 Å². The van der Waals surface area contributed by atoms with Crippen molar-refractivity contribution in [3.63, 3.8) is 0 Å². The highest BCUT2D eigenvalue weighted by Gasteiger charge is 2.24. The number of halogens is 1. The fourth-order valence-corrected chi connectivity index (χ4v) is 2.92. The summed E-state index contributed by atoms with van der Waals surface area (Å²) >= 11 is 0. The molecule has 1 saturated carbocycles. The molecule has 2 aromatic heterocycles. The first-order chi connectivity index (χ1) is 12.2. The van der Waals surface area contributed by atoms with Gasteiger partial charge >= 0.3 is 0 Å². The molecular weight excluding hydrogens is 319 g/mol. The largest absolute Gasteiger partial charge is 0.349 e. The molecule has 1 amide bonds. The van der Waals surface area contributed by atoms with Gasteiger partial charge < -0.3 is 5.32 Å². The molecule has 25 heavy (non-hydrogen) atoms. The third kappa shape index (κ3) is 3.03. The molecule has 1 fully saturated rings. The summed E-state index contributed by atoms with van der Waals surface area (Å²) < 4.78 is 15.2. The van der Waals surface area contributed by atoms with Gasteiger partial charge in [0.05, 0.1) is 23.1 Å². The molecule has 2 heterocycles. The Balaban J connectivity index is 1.80. The van der Waals surface area contributed by atoms with Crippen molar-refractivity contribution in [1.82, 2.24) is 20.1 Å². The van der Waals surface area contributed by atoms with Crippen LogP contribution in [0.15, 0.2) is 55.0 Å². The minimum atomic E-state index is -0.353. The van der Waals surface area contributed by atoms with E-state index in [1.54, 1.807) is 29.2 Å². The van der Waals surface area contributed by atoms with Gasteiger partial charge in [-0.25, -0.2) is 9.07 Å². The molecule has 0 spiro atoms. The average molecular weight is 336 g/mol. The number of aromatic nitrogens is 3. The Morgan fingerprint density at radius 2 is 2.00 bits per heavy atom. The highest BCUT2D eigenvalue weighted by Crippen LogP contribution is 2.27. The van der Waals surface area contributed by atoms with E-state index in [4.69, 9.17) is 0 Å². The first kappa shape index (κ1) is 15.5. The molecule has 126 valence electrons. The molecule has 1 aliphatic carbocycles. The summed E-state index contributed by atoms with van der Waals surface area (Å²) in [6.07, 6.45) is 8.01. The molecule has 5 nitrogen and oxygen atoms in total. The van der Waals surface area contributed by atoms with Crippen LogP contribution in [0, 0.1) is 5.82 Å². The van der Waals surface area contributed by atoms with Gasteiger partial charge in [-0.3, -0.25) is 9.78 Å². The standard InChI is InChI=1S/C19H17FN4O/c20-14-3-1-6-16(11-14)24-18(13-7-9-21-10-8-13)17(12-22-24)19(25)23-15-4-2-5-15/h1,3,6-12,15H,2,4-5H2,(H,23,25). The molecule has 1 N–H and O–H groups in total. The van der Waals surface area contributed by atoms with Crippen LogP contribution in [0.1, 0.15) is 29.6 Å². The summed E-state index contributed by atoms with van der Waals surface area (Å²) in [5, 5.41) is 7.38. The number of rotatable bonds is 4. The van der Waals surface area contributed by atoms with Crippen LogP contribution in [-0.4, -0.2) is 26.7 Å². The molecule has 0 radical (unpaired) electrons. The van der Waals surface area contributed by atoms with Gasteiger partial charge in [-0.05, 0) is 49.6 Å². The summed E-state index contributed by atoms with van der Waals surface area (Å²) in [4.78, 5) is 16.7. The Morgan fingerprint density at radius 3 is 2.68 bits per heavy atom. The van der Waals surface area contributed by atoms with Crippen molar-refractivity contribution in [2.45, 2.75) is 25.3 Å². The van der Waals surface area contributed by atoms with Crippen LogP contribution >= 0.6 is 0 Å². The quantitative estimate of drug-likeness (QED) is 0.795. The number of benzene rings is 1. The third-order valence-electron chi connectivity index (χ3n) is 4.46. The number of amides is 1. The van der Waals surface area contributed by atoms with Crippen LogP contribution < -0.4 is 5.32 Å². The van der Waals surface area contributed by atoms with Crippen LogP contribution in [0.4, 0.5) is 4.39 Å². The van der Waals surface area contributed by atoms with E-state index in [1.165, 1.54) is 18.3 Å². The fourth-order valence-electron chi connectivity index (χ4n) is 2.92. The van der Waals surface area contributed by atoms with E-state index in [1.807, 2.05) is 12.1 Å². The Kier molecular flexibility index (Phi) is 4.01. The van der Waals surface area contributed by atoms with Crippen LogP contribution in [0.2, 0.25) is 0 Å². The molecule has 0 bridgehead atoms. The van der Waals surface area contributed by atoms with Crippen molar-refractivity contribution < 1.29 is 9.18 Å². The number of carbonyl (C=O) groups excluding carboxylic acids is 1. The van der Waals surface area contributed by atoms with Crippen LogP contribution in [0.25, 0.3) is 16.9 Å². The van der Waals surface area contributed by atoms with Crippen molar-refractivity contribution >= 4 is 5.91 Å². The lowest BCUT2D eigenvalue weighted by molar-refractivity contribution is 0.0917. The number of nitrogens with zero attached hydrogens (tertiary/aromatic N) is 3. The number of hydrogen-bond donors (Lipinski definition) is 1. The van der Waals surface area contributed by atoms with Gasteiger partial charge in [0.1, 0.15) is 5.82 Å². The highest BCUT2D eigenvalue weighted by molar-refractivity contribution is 6.00. The van der Waals surface area contributed by atoms with Gasteiger partial charge in [0.15, 0.2) is 0 Å². The first-order valence-corrected chi connectivity index (χ1v) is 8.27. The molecule has 6 heteroatoms. The molecule has 1 aromatic carbocycles. The summed E-state index contributed by atoms with van der Waals surface area (Å²) in [5.74, 6) is -0.506. The predicted molar refractivity (Wildman–Crippen MR) is 91.9 cm³/mol. The first-order valence-electron chi connectivity index (χ1n) is 8.27. The molecule has 3 aromatic rings. The van der Waals surface area contributed by atoms with E-state index >= 15 is 0 Å². The number of nitrogens with one attached hydrogen (secondary N) is 1. The van der Waals surface area contributed by atoms with E-state index in [9.17, 15) is 9.18 Å². The molecule has 0 saturated heterocycles. The zero-order chi connectivity index (χ0) is 17.2. The van der Waals surface area contributed by atoms with E-state index in [-0.39, 0.29) is 17.8 Å². The van der Waals surface area contributed by atoms with E-state index in [0.717, 1.165) is 24.8 Å². The second kappa shape index (κ2) is 6.47. The molecule has 0 unspecified atom stereocenters. The monoisotopic (exact) mass is 336 g/mol. The van der Waals surface area contributed by atoms with Gasteiger partial charge in [0, 0.05) is 24.0 Å². The normalized spacial score (nSPS) is 14.1. The minimum Gasteiger partial charge on any atom is -0.349 e. The lowest BCUT2D eigenvalue weighted by Crippen LogP contribution is -2.39. The van der Waals surface area contributed by atoms with Crippen molar-refractivity contribution in [2.75, 3.05) is 0 Å². The van der Waals surface area contributed by atoms with Gasteiger partial charge in [-0.15, -0.1) is 0 Å². The van der Waals surface area contributed by atoms with Crippen LogP contribution in [0.3, 0.4) is 0 Å². The van der Waals surface area contributed by atoms with Crippen molar-refractivity contribution in [3.05, 3.63) is 66.4 Å². The van der Waals surface area contributed by atoms with Crippen molar-refractivity contribution in [3.8, 4) is 16.9 Å². The van der Waals surface area contributed by atoms with E-state index < -0.39 is 0 Å². The summed E-state index contributed by atoms with van der Waals surface area (Å²) in [6, 6.07) is 10.0. The van der Waals surface area contributed by atoms with Gasteiger partial charge in [0.25, 0.3) is 5.91 Å². The van der Waals surface area contributed by atoms with Gasteiger partial charge in [-0.1, -0.05) is 6.07 Å². The number of hydrogen-bond acceptors (Lipinski definition) is 3. The highest BCUT2D eigenvalue weighted by atomic mass is 19.1. The molecule has 0 aliphatic heterocycles. The number of carbonyl (C=O) groups is 1. The van der Waals surface area contributed by atoms with Crippen LogP contribution in [0.5, 0.6) is 0 Å². The Labute approximate surface area is 144 Å². The lowest BCUT2D eigenvalue weighted by atomic mass is 9.93. The summed E-state index contributed by atoms with van der Waals surface area (Å²) in [5.41, 5.74) is 2.47. The average Bonchev–Trinajstić information content (AvgIpc) is 3.04. The molecule has 1 aliphatic rings. The Bertz CT molecular complexity index is 903. The summed E-state index contributed by atoms with van der Waals surface area (Å²) in [6.45, 7) is 0. The maximum Gasteiger partial charge on any atom is 0.255 e. The van der Waals surface area contributed by atoms with Crippen molar-refractivity contribution in [1.29, 1.82) is 0 Å². The number of pyridine rings is 1. The summed E-state index contributed by atoms with van der Waals surface area (Å²) in [7, 11) is 0. The molecular formula is C19H17FN4O.